The summed E-state index contributed by atoms with van der Waals surface area (Å²) in [5.74, 6) is -1.89. The van der Waals surface area contributed by atoms with E-state index in [9.17, 15) is 91.0 Å². The number of rotatable bonds is 49. The van der Waals surface area contributed by atoms with Crippen LogP contribution in [-0.4, -0.2) is 300 Å². The smallest absolute Gasteiger partial charge is 0.220 e. The Balaban J connectivity index is 1.22. The molecule has 0 aliphatic carbocycles. The van der Waals surface area contributed by atoms with E-state index in [1.807, 2.05) is 6.08 Å². The third kappa shape index (κ3) is 28.3. The number of allylic oxidation sites excluding steroid dienone is 1. The molecule has 0 radical (unpaired) electrons. The molecule has 5 rings (SSSR count). The number of aliphatic hydroxyl groups is 15. The van der Waals surface area contributed by atoms with Crippen molar-refractivity contribution >= 4 is 17.7 Å². The van der Waals surface area contributed by atoms with Gasteiger partial charge in [-0.1, -0.05) is 180 Å². The first kappa shape index (κ1) is 88.8. The lowest BCUT2D eigenvalue weighted by atomic mass is 9.94. The largest absolute Gasteiger partial charge is 0.394 e. The molecule has 18 N–H and O–H groups in total. The molecule has 31 nitrogen and oxygen atoms in total. The van der Waals surface area contributed by atoms with Crippen LogP contribution in [0.15, 0.2) is 12.2 Å². The number of hydrogen-bond acceptors (Lipinski definition) is 28. The molecule has 0 spiro atoms. The summed E-state index contributed by atoms with van der Waals surface area (Å²) in [6.45, 7) is 1.38. The molecule has 0 bridgehead atoms. The highest BCUT2D eigenvalue weighted by molar-refractivity contribution is 5.76. The Morgan fingerprint density at radius 1 is 0.386 bits per heavy atom. The van der Waals surface area contributed by atoms with E-state index in [1.54, 1.807) is 6.08 Å². The number of aliphatic hydroxyl groups excluding tert-OH is 15. The fraction of sp³-hybridized carbons (Fsp3) is 0.929. The van der Waals surface area contributed by atoms with Crippen molar-refractivity contribution in [1.82, 2.24) is 16.0 Å². The van der Waals surface area contributed by atoms with Crippen LogP contribution < -0.4 is 16.0 Å². The van der Waals surface area contributed by atoms with E-state index in [-0.39, 0.29) is 12.3 Å². The molecule has 590 valence electrons. The van der Waals surface area contributed by atoms with E-state index in [0.29, 0.717) is 12.8 Å². The third-order valence-corrected chi connectivity index (χ3v) is 19.6. The highest BCUT2D eigenvalue weighted by Gasteiger charge is 2.57. The normalized spacial score (nSPS) is 35.3. The van der Waals surface area contributed by atoms with Gasteiger partial charge in [0, 0.05) is 20.3 Å². The topological polar surface area (TPSA) is 483 Å². The summed E-state index contributed by atoms with van der Waals surface area (Å²) in [5.41, 5.74) is 0. The summed E-state index contributed by atoms with van der Waals surface area (Å²) in [4.78, 5) is 38.4. The molecule has 0 aromatic carbocycles. The van der Waals surface area contributed by atoms with Crippen molar-refractivity contribution in [3.05, 3.63) is 12.2 Å². The molecule has 5 heterocycles. The van der Waals surface area contributed by atoms with Gasteiger partial charge in [0.25, 0.3) is 0 Å². The van der Waals surface area contributed by atoms with Gasteiger partial charge in [0.15, 0.2) is 31.5 Å². The Morgan fingerprint density at radius 3 is 1.15 bits per heavy atom. The van der Waals surface area contributed by atoms with E-state index in [2.05, 4.69) is 29.8 Å². The second kappa shape index (κ2) is 48.5. The fourth-order valence-corrected chi connectivity index (χ4v) is 13.6. The van der Waals surface area contributed by atoms with Crippen molar-refractivity contribution < 1.29 is 138 Å². The first-order chi connectivity index (χ1) is 48.6. The highest BCUT2D eigenvalue weighted by atomic mass is 16.8. The predicted molar refractivity (Wildman–Crippen MR) is 361 cm³/mol. The van der Waals surface area contributed by atoms with E-state index in [4.69, 9.17) is 47.4 Å². The first-order valence-corrected chi connectivity index (χ1v) is 37.5. The van der Waals surface area contributed by atoms with E-state index in [0.717, 1.165) is 65.2 Å². The maximum atomic E-state index is 13.5. The Morgan fingerprint density at radius 2 is 0.733 bits per heavy atom. The van der Waals surface area contributed by atoms with Gasteiger partial charge >= 0.3 is 0 Å². The molecule has 10 unspecified atom stereocenters. The molecular weight excluding hydrogens is 1330 g/mol. The second-order valence-corrected chi connectivity index (χ2v) is 27.8. The molecule has 0 aromatic heterocycles. The monoisotopic (exact) mass is 1460 g/mol. The zero-order chi connectivity index (χ0) is 74.0. The van der Waals surface area contributed by atoms with Gasteiger partial charge in [0.2, 0.25) is 17.7 Å². The van der Waals surface area contributed by atoms with Crippen LogP contribution in [0, 0.1) is 0 Å². The molecule has 101 heavy (non-hydrogen) atoms. The molecule has 5 aliphatic rings. The van der Waals surface area contributed by atoms with Crippen molar-refractivity contribution in [3.8, 4) is 0 Å². The standard InChI is InChI=1S/C70H127N3O28/c1-5-7-9-11-13-15-17-19-20-22-24-26-28-30-32-34-50(82)73-43(44(81)33-31-29-27-25-23-21-18-16-14-12-10-8-6-2)40-92-68-59(89)58(88)63(49(39-78)97-68)99-70-61(91)65(55(85)47(37-76)95-70)101-67-52(72-42(4)80)57(87)62(48(38-77)96-67)98-69-60(90)64(54(84)46(36-75)94-69)100-66-51(71-41(3)79)56(86)53(83)45(35-74)93-66/h31,33,43-49,51-70,74-78,81,83-91H,5-30,32,34-40H2,1-4H3,(H,71,79)(H,72,80)(H,73,82)/b33-31+/t43-,44+,45?,46?,47?,48?,49?,51?,52?,53+,54-,55-,56+,57+,58+,59?,60?,61?,62+,63+,64-,65-,66+,67-,68+,69-,70-/m0/s1. The van der Waals surface area contributed by atoms with E-state index >= 15 is 0 Å². The minimum Gasteiger partial charge on any atom is -0.394 e. The number of nitrogens with one attached hydrogen (secondary N) is 3. The van der Waals surface area contributed by atoms with Crippen molar-refractivity contribution in [2.45, 2.75) is 373 Å². The second-order valence-electron chi connectivity index (χ2n) is 27.8. The number of carbonyl (C=O) groups is 3. The van der Waals surface area contributed by atoms with Gasteiger partial charge in [-0.3, -0.25) is 14.4 Å². The quantitative estimate of drug-likeness (QED) is 0.0276. The lowest BCUT2D eigenvalue weighted by Gasteiger charge is -2.50. The summed E-state index contributed by atoms with van der Waals surface area (Å²) in [6, 6.07) is -4.39. The summed E-state index contributed by atoms with van der Waals surface area (Å²) in [5, 5.41) is 174. The molecule has 27 atom stereocenters. The number of ether oxygens (including phenoxy) is 10. The van der Waals surface area contributed by atoms with Gasteiger partial charge in [-0.05, 0) is 19.3 Å². The van der Waals surface area contributed by atoms with Gasteiger partial charge in [0.1, 0.15) is 122 Å². The van der Waals surface area contributed by atoms with Crippen LogP contribution in [-0.2, 0) is 61.8 Å². The summed E-state index contributed by atoms with van der Waals surface area (Å²) in [6.07, 6.45) is -9.32. The van der Waals surface area contributed by atoms with Crippen LogP contribution in [0.1, 0.15) is 207 Å². The molecule has 3 amide bonds. The van der Waals surface area contributed by atoms with E-state index in [1.165, 1.54) is 109 Å². The maximum absolute atomic E-state index is 13.5. The van der Waals surface area contributed by atoms with Gasteiger partial charge in [0.05, 0.1) is 51.8 Å². The molecular formula is C70H127N3O28. The Bertz CT molecular complexity index is 2270. The van der Waals surface area contributed by atoms with Gasteiger partial charge < -0.3 is 140 Å². The SMILES string of the molecule is CCCCCCCCCCCCC/C=C/[C@@H](O)[C@H](CO[C@@H]1OC(CO)[C@@H](O[C@@H]2OC(CO)[C@H](O)[C@H](O[C@@H]3OC(CO)[C@@H](O[C@@H]4OC(CO)[C@H](O)[C@H](O[C@H]5OC(CO)[C@@H](O)[C@H](O)C5NC(C)=O)C4O)[C@H](O)C3NC(C)=O)C2O)[C@H](O)C1O)NC(=O)CCCCCCCCCCCCCCCCC. The van der Waals surface area contributed by atoms with Crippen LogP contribution in [0.4, 0.5) is 0 Å². The van der Waals surface area contributed by atoms with Crippen LogP contribution >= 0.6 is 0 Å². The molecule has 5 fully saturated rings. The van der Waals surface area contributed by atoms with Crippen LogP contribution in [0.5, 0.6) is 0 Å². The average Bonchev–Trinajstić information content (AvgIpc) is 0.771. The highest BCUT2D eigenvalue weighted by Crippen LogP contribution is 2.37. The molecule has 0 aromatic rings. The number of amides is 3. The Labute approximate surface area is 594 Å². The minimum atomic E-state index is -2.16. The van der Waals surface area contributed by atoms with Crippen molar-refractivity contribution in [3.63, 3.8) is 0 Å². The van der Waals surface area contributed by atoms with Gasteiger partial charge in [-0.25, -0.2) is 0 Å². The lowest BCUT2D eigenvalue weighted by Crippen LogP contribution is -2.70. The van der Waals surface area contributed by atoms with Crippen molar-refractivity contribution in [2.24, 2.45) is 0 Å². The Kier molecular flexibility index (Phi) is 42.6. The summed E-state index contributed by atoms with van der Waals surface area (Å²) < 4.78 is 59.0. The average molecular weight is 1460 g/mol. The minimum absolute atomic E-state index is 0.190. The fourth-order valence-electron chi connectivity index (χ4n) is 13.6. The van der Waals surface area contributed by atoms with Crippen molar-refractivity contribution in [2.75, 3.05) is 39.6 Å². The van der Waals surface area contributed by atoms with Crippen LogP contribution in [0.3, 0.4) is 0 Å². The predicted octanol–water partition coefficient (Wildman–Crippen LogP) is -0.248. The molecule has 31 heteroatoms. The van der Waals surface area contributed by atoms with Gasteiger partial charge in [-0.15, -0.1) is 0 Å². The summed E-state index contributed by atoms with van der Waals surface area (Å²) in [7, 11) is 0. The van der Waals surface area contributed by atoms with Crippen LogP contribution in [0.25, 0.3) is 0 Å². The number of carbonyl (C=O) groups excluding carboxylic acids is 3. The molecule has 5 aliphatic heterocycles. The Hall–Kier alpha value is -2.85. The van der Waals surface area contributed by atoms with Crippen LogP contribution in [0.2, 0.25) is 0 Å². The summed E-state index contributed by atoms with van der Waals surface area (Å²) >= 11 is 0. The van der Waals surface area contributed by atoms with E-state index < -0.39 is 217 Å². The lowest BCUT2D eigenvalue weighted by molar-refractivity contribution is -0.385. The molecule has 5 saturated heterocycles. The van der Waals surface area contributed by atoms with Crippen molar-refractivity contribution in [1.29, 1.82) is 0 Å². The number of hydrogen-bond donors (Lipinski definition) is 18. The first-order valence-electron chi connectivity index (χ1n) is 37.5. The zero-order valence-electron chi connectivity index (χ0n) is 59.8. The maximum Gasteiger partial charge on any atom is 0.220 e. The third-order valence-electron chi connectivity index (χ3n) is 19.6. The zero-order valence-corrected chi connectivity index (χ0v) is 59.8. The van der Waals surface area contributed by atoms with Gasteiger partial charge in [-0.2, -0.15) is 0 Å². The number of unbranched alkanes of at least 4 members (excludes halogenated alkanes) is 25. The molecule has 0 saturated carbocycles.